The van der Waals surface area contributed by atoms with E-state index >= 15 is 0 Å². The lowest BCUT2D eigenvalue weighted by Gasteiger charge is -2.22. The van der Waals surface area contributed by atoms with Gasteiger partial charge < -0.3 is 4.74 Å². The Morgan fingerprint density at radius 1 is 1.35 bits per heavy atom. The van der Waals surface area contributed by atoms with E-state index < -0.39 is 0 Å². The first-order chi connectivity index (χ1) is 8.26. The zero-order valence-electron chi connectivity index (χ0n) is 10.4. The molecule has 0 radical (unpaired) electrons. The molecule has 0 saturated carbocycles. The number of hydrogen-bond donors (Lipinski definition) is 0. The van der Waals surface area contributed by atoms with Crippen LogP contribution in [0.3, 0.4) is 0 Å². The van der Waals surface area contributed by atoms with Gasteiger partial charge in [-0.2, -0.15) is 5.26 Å². The second kappa shape index (κ2) is 5.20. The third kappa shape index (κ3) is 2.42. The fourth-order valence-corrected chi connectivity index (χ4v) is 2.44. The Bertz CT molecular complexity index is 430. The molecule has 1 aliphatic rings. The van der Waals surface area contributed by atoms with Crippen molar-refractivity contribution in [1.82, 2.24) is 4.90 Å². The Labute approximate surface area is 103 Å². The van der Waals surface area contributed by atoms with E-state index in [4.69, 9.17) is 4.74 Å². The lowest BCUT2D eigenvalue weighted by Crippen LogP contribution is -2.24. The summed E-state index contributed by atoms with van der Waals surface area (Å²) < 4.78 is 5.24. The monoisotopic (exact) mass is 230 g/mol. The number of likely N-dealkylation sites (tertiary alicyclic amines) is 1. The lowest BCUT2D eigenvalue weighted by atomic mass is 10.0. The molecule has 0 N–H and O–H groups in total. The molecule has 2 rings (SSSR count). The molecule has 1 saturated heterocycles. The van der Waals surface area contributed by atoms with E-state index in [1.165, 1.54) is 12.8 Å². The normalized spacial score (nSPS) is 17.7. The van der Waals surface area contributed by atoms with Gasteiger partial charge in [0, 0.05) is 0 Å². The molecular weight excluding hydrogens is 212 g/mol. The first kappa shape index (κ1) is 11.9. The predicted octanol–water partition coefficient (Wildman–Crippen LogP) is 2.66. The number of hydrogen-bond acceptors (Lipinski definition) is 3. The van der Waals surface area contributed by atoms with E-state index in [-0.39, 0.29) is 6.04 Å². The Morgan fingerprint density at radius 3 is 2.59 bits per heavy atom. The maximum Gasteiger partial charge on any atom is 0.123 e. The zero-order chi connectivity index (χ0) is 12.3. The van der Waals surface area contributed by atoms with Crippen LogP contribution in [-0.4, -0.2) is 25.1 Å². The van der Waals surface area contributed by atoms with Crippen LogP contribution < -0.4 is 4.74 Å². The van der Waals surface area contributed by atoms with Crippen molar-refractivity contribution in [2.75, 3.05) is 20.2 Å². The quantitative estimate of drug-likeness (QED) is 0.801. The van der Waals surface area contributed by atoms with Gasteiger partial charge in [0.1, 0.15) is 11.8 Å². The Hall–Kier alpha value is -1.53. The van der Waals surface area contributed by atoms with E-state index in [1.807, 2.05) is 19.1 Å². The molecule has 0 amide bonds. The smallest absolute Gasteiger partial charge is 0.123 e. The van der Waals surface area contributed by atoms with Crippen LogP contribution in [0.2, 0.25) is 0 Å². The number of ether oxygens (including phenoxy) is 1. The van der Waals surface area contributed by atoms with E-state index in [2.05, 4.69) is 17.0 Å². The van der Waals surface area contributed by atoms with Crippen LogP contribution in [0.1, 0.15) is 30.0 Å². The average Bonchev–Trinajstić information content (AvgIpc) is 2.84. The van der Waals surface area contributed by atoms with Crippen LogP contribution in [0.25, 0.3) is 0 Å². The minimum atomic E-state index is -0.109. The van der Waals surface area contributed by atoms with Crippen molar-refractivity contribution in [1.29, 1.82) is 5.26 Å². The minimum Gasteiger partial charge on any atom is -0.496 e. The second-order valence-electron chi connectivity index (χ2n) is 4.50. The molecule has 0 spiro atoms. The van der Waals surface area contributed by atoms with Gasteiger partial charge in [-0.25, -0.2) is 0 Å². The molecule has 1 aliphatic heterocycles. The molecule has 0 aliphatic carbocycles. The fourth-order valence-electron chi connectivity index (χ4n) is 2.44. The van der Waals surface area contributed by atoms with Crippen molar-refractivity contribution < 1.29 is 4.74 Å². The average molecular weight is 230 g/mol. The molecule has 3 nitrogen and oxygen atoms in total. The molecule has 1 unspecified atom stereocenters. The number of aryl methyl sites for hydroxylation is 1. The maximum absolute atomic E-state index is 9.33. The summed E-state index contributed by atoms with van der Waals surface area (Å²) in [5.41, 5.74) is 2.16. The highest BCUT2D eigenvalue weighted by Crippen LogP contribution is 2.28. The van der Waals surface area contributed by atoms with Gasteiger partial charge in [-0.15, -0.1) is 0 Å². The van der Waals surface area contributed by atoms with Gasteiger partial charge in [-0.3, -0.25) is 4.90 Å². The van der Waals surface area contributed by atoms with Crippen molar-refractivity contribution in [3.8, 4) is 11.8 Å². The molecule has 0 aromatic heterocycles. The Kier molecular flexibility index (Phi) is 3.65. The van der Waals surface area contributed by atoms with Crippen LogP contribution in [-0.2, 0) is 0 Å². The largest absolute Gasteiger partial charge is 0.496 e. The molecule has 1 aromatic rings. The minimum absolute atomic E-state index is 0.109. The van der Waals surface area contributed by atoms with Gasteiger partial charge in [-0.1, -0.05) is 6.07 Å². The van der Waals surface area contributed by atoms with E-state index in [9.17, 15) is 5.26 Å². The molecule has 0 bridgehead atoms. The van der Waals surface area contributed by atoms with Gasteiger partial charge in [0.15, 0.2) is 0 Å². The van der Waals surface area contributed by atoms with Gasteiger partial charge in [0.25, 0.3) is 0 Å². The van der Waals surface area contributed by atoms with Crippen LogP contribution in [0.15, 0.2) is 18.2 Å². The number of methoxy groups -OCH3 is 1. The summed E-state index contributed by atoms with van der Waals surface area (Å²) in [6, 6.07) is 8.31. The SMILES string of the molecule is COc1ccc(C(C#N)N2CCCC2)cc1C. The van der Waals surface area contributed by atoms with Crippen LogP contribution in [0.5, 0.6) is 5.75 Å². The zero-order valence-corrected chi connectivity index (χ0v) is 10.4. The van der Waals surface area contributed by atoms with Gasteiger partial charge in [0.2, 0.25) is 0 Å². The summed E-state index contributed by atoms with van der Waals surface area (Å²) in [5.74, 6) is 0.881. The molecule has 3 heteroatoms. The summed E-state index contributed by atoms with van der Waals surface area (Å²) in [4.78, 5) is 2.25. The van der Waals surface area contributed by atoms with Gasteiger partial charge in [-0.05, 0) is 56.1 Å². The summed E-state index contributed by atoms with van der Waals surface area (Å²) in [5, 5.41) is 9.33. The topological polar surface area (TPSA) is 36.3 Å². The summed E-state index contributed by atoms with van der Waals surface area (Å²) in [7, 11) is 1.67. The molecule has 17 heavy (non-hydrogen) atoms. The lowest BCUT2D eigenvalue weighted by molar-refractivity contribution is 0.294. The number of nitriles is 1. The molecular formula is C14H18N2O. The van der Waals surface area contributed by atoms with Crippen molar-refractivity contribution in [2.24, 2.45) is 0 Å². The molecule has 1 heterocycles. The number of benzene rings is 1. The third-order valence-corrected chi connectivity index (χ3v) is 3.36. The van der Waals surface area contributed by atoms with E-state index in [1.54, 1.807) is 7.11 Å². The highest BCUT2D eigenvalue weighted by molar-refractivity contribution is 5.38. The second-order valence-corrected chi connectivity index (χ2v) is 4.50. The standard InChI is InChI=1S/C14H18N2O/c1-11-9-12(5-6-14(11)17-2)13(10-15)16-7-3-4-8-16/h5-6,9,13H,3-4,7-8H2,1-2H3. The Balaban J connectivity index is 2.25. The van der Waals surface area contributed by atoms with Crippen LogP contribution in [0.4, 0.5) is 0 Å². The molecule has 1 aromatic carbocycles. The van der Waals surface area contributed by atoms with Gasteiger partial charge >= 0.3 is 0 Å². The Morgan fingerprint density at radius 2 is 2.06 bits per heavy atom. The molecule has 1 atom stereocenters. The van der Waals surface area contributed by atoms with Crippen molar-refractivity contribution in [3.05, 3.63) is 29.3 Å². The predicted molar refractivity (Wildman–Crippen MR) is 66.9 cm³/mol. The van der Waals surface area contributed by atoms with Crippen molar-refractivity contribution >= 4 is 0 Å². The first-order valence-corrected chi connectivity index (χ1v) is 6.04. The number of nitrogens with zero attached hydrogens (tertiary/aromatic N) is 2. The maximum atomic E-state index is 9.33. The third-order valence-electron chi connectivity index (χ3n) is 3.36. The first-order valence-electron chi connectivity index (χ1n) is 6.04. The van der Waals surface area contributed by atoms with Crippen LogP contribution in [0, 0.1) is 18.3 Å². The molecule has 90 valence electrons. The number of rotatable bonds is 3. The highest BCUT2D eigenvalue weighted by Gasteiger charge is 2.23. The van der Waals surface area contributed by atoms with E-state index in [0.29, 0.717) is 0 Å². The van der Waals surface area contributed by atoms with Gasteiger partial charge in [0.05, 0.1) is 13.2 Å². The highest BCUT2D eigenvalue weighted by atomic mass is 16.5. The summed E-state index contributed by atoms with van der Waals surface area (Å²) >= 11 is 0. The van der Waals surface area contributed by atoms with Crippen molar-refractivity contribution in [2.45, 2.75) is 25.8 Å². The fraction of sp³-hybridized carbons (Fsp3) is 0.500. The van der Waals surface area contributed by atoms with Crippen LogP contribution >= 0.6 is 0 Å². The van der Waals surface area contributed by atoms with E-state index in [0.717, 1.165) is 30.0 Å². The summed E-state index contributed by atoms with van der Waals surface area (Å²) in [6.45, 7) is 4.08. The summed E-state index contributed by atoms with van der Waals surface area (Å²) in [6.07, 6.45) is 2.40. The molecule has 1 fully saturated rings. The van der Waals surface area contributed by atoms with Crippen molar-refractivity contribution in [3.63, 3.8) is 0 Å².